The lowest BCUT2D eigenvalue weighted by molar-refractivity contribution is -0.164. The van der Waals surface area contributed by atoms with Gasteiger partial charge in [-0.15, -0.1) is 0 Å². The van der Waals surface area contributed by atoms with E-state index in [-0.39, 0.29) is 26.4 Å². The van der Waals surface area contributed by atoms with Crippen LogP contribution in [0.4, 0.5) is 0 Å². The summed E-state index contributed by atoms with van der Waals surface area (Å²) in [5.41, 5.74) is -0.601. The minimum absolute atomic E-state index is 0.0668. The normalized spacial score (nSPS) is 10.6. The summed E-state index contributed by atoms with van der Waals surface area (Å²) in [6.45, 7) is 7.52. The second-order valence-electron chi connectivity index (χ2n) is 4.67. The molecule has 20 heavy (non-hydrogen) atoms. The first kappa shape index (κ1) is 18.1. The number of hydrogen-bond acceptors (Lipinski definition) is 7. The molecule has 0 rings (SSSR count). The fourth-order valence-corrected chi connectivity index (χ4v) is 0.987. The molecule has 7 heteroatoms. The van der Waals surface area contributed by atoms with E-state index in [1.54, 1.807) is 20.8 Å². The molecule has 0 spiro atoms. The zero-order valence-corrected chi connectivity index (χ0v) is 12.0. The van der Waals surface area contributed by atoms with Crippen LogP contribution in [0.15, 0.2) is 12.7 Å². The molecule has 0 N–H and O–H groups in total. The predicted molar refractivity (Wildman–Crippen MR) is 68.8 cm³/mol. The molecule has 0 fully saturated rings. The SMILES string of the molecule is C=CC(=O)OCCOC(=O)COCC(=O)OC(C)(C)C. The van der Waals surface area contributed by atoms with Crippen LogP contribution in [0, 0.1) is 0 Å². The molecule has 0 aromatic heterocycles. The third kappa shape index (κ3) is 11.2. The van der Waals surface area contributed by atoms with Crippen molar-refractivity contribution in [3.05, 3.63) is 12.7 Å². The monoisotopic (exact) mass is 288 g/mol. The molecule has 0 unspecified atom stereocenters. The van der Waals surface area contributed by atoms with Crippen molar-refractivity contribution in [3.63, 3.8) is 0 Å². The Morgan fingerprint density at radius 1 is 1.00 bits per heavy atom. The largest absolute Gasteiger partial charge is 0.460 e. The van der Waals surface area contributed by atoms with Gasteiger partial charge in [0.15, 0.2) is 0 Å². The van der Waals surface area contributed by atoms with Gasteiger partial charge in [0.05, 0.1) is 0 Å². The van der Waals surface area contributed by atoms with E-state index in [0.29, 0.717) is 0 Å². The quantitative estimate of drug-likeness (QED) is 0.280. The van der Waals surface area contributed by atoms with Crippen LogP contribution in [-0.2, 0) is 33.3 Å². The first-order valence-corrected chi connectivity index (χ1v) is 5.99. The van der Waals surface area contributed by atoms with Gasteiger partial charge in [-0.25, -0.2) is 14.4 Å². The molecular weight excluding hydrogens is 268 g/mol. The van der Waals surface area contributed by atoms with E-state index in [4.69, 9.17) is 14.2 Å². The molecular formula is C13H20O7. The van der Waals surface area contributed by atoms with E-state index in [0.717, 1.165) is 6.08 Å². The first-order chi connectivity index (χ1) is 9.24. The lowest BCUT2D eigenvalue weighted by atomic mass is 10.2. The van der Waals surface area contributed by atoms with Crippen molar-refractivity contribution in [1.82, 2.24) is 0 Å². The van der Waals surface area contributed by atoms with E-state index in [2.05, 4.69) is 11.3 Å². The van der Waals surface area contributed by atoms with Crippen molar-refractivity contribution in [3.8, 4) is 0 Å². The Morgan fingerprint density at radius 3 is 2.10 bits per heavy atom. The van der Waals surface area contributed by atoms with Crippen LogP contribution in [0.1, 0.15) is 20.8 Å². The van der Waals surface area contributed by atoms with Crippen LogP contribution >= 0.6 is 0 Å². The van der Waals surface area contributed by atoms with E-state index >= 15 is 0 Å². The van der Waals surface area contributed by atoms with E-state index in [1.807, 2.05) is 0 Å². The molecule has 7 nitrogen and oxygen atoms in total. The standard InChI is InChI=1S/C13H20O7/c1-5-10(14)18-6-7-19-11(15)8-17-9-12(16)20-13(2,3)4/h5H,1,6-9H2,2-4H3. The molecule has 0 heterocycles. The summed E-state index contributed by atoms with van der Waals surface area (Å²) >= 11 is 0. The molecule has 114 valence electrons. The number of carbonyl (C=O) groups excluding carboxylic acids is 3. The summed E-state index contributed by atoms with van der Waals surface area (Å²) in [4.78, 5) is 33.1. The Morgan fingerprint density at radius 2 is 1.55 bits per heavy atom. The molecule has 0 aromatic carbocycles. The number of rotatable bonds is 8. The molecule has 0 aliphatic heterocycles. The summed E-state index contributed by atoms with van der Waals surface area (Å²) in [7, 11) is 0. The van der Waals surface area contributed by atoms with Gasteiger partial charge in [-0.05, 0) is 20.8 Å². The maximum atomic E-state index is 11.2. The highest BCUT2D eigenvalue weighted by molar-refractivity contribution is 5.81. The molecule has 0 radical (unpaired) electrons. The van der Waals surface area contributed by atoms with Crippen LogP contribution in [0.2, 0.25) is 0 Å². The van der Waals surface area contributed by atoms with Gasteiger partial charge in [0.1, 0.15) is 32.0 Å². The number of hydrogen-bond donors (Lipinski definition) is 0. The van der Waals surface area contributed by atoms with Crippen molar-refractivity contribution in [2.45, 2.75) is 26.4 Å². The molecule has 0 saturated carbocycles. The van der Waals surface area contributed by atoms with E-state index in [9.17, 15) is 14.4 Å². The summed E-state index contributed by atoms with van der Waals surface area (Å²) < 4.78 is 19.1. The van der Waals surface area contributed by atoms with Gasteiger partial charge in [-0.1, -0.05) is 6.58 Å². The Balaban J connectivity index is 3.61. The number of ether oxygens (including phenoxy) is 4. The topological polar surface area (TPSA) is 88.1 Å². The Labute approximate surface area is 117 Å². The van der Waals surface area contributed by atoms with Crippen molar-refractivity contribution >= 4 is 17.9 Å². The third-order valence-corrected chi connectivity index (χ3v) is 1.62. The van der Waals surface area contributed by atoms with Crippen LogP contribution in [-0.4, -0.2) is 49.9 Å². The summed E-state index contributed by atoms with van der Waals surface area (Å²) in [6.07, 6.45) is 1.01. The smallest absolute Gasteiger partial charge is 0.332 e. The van der Waals surface area contributed by atoms with Crippen molar-refractivity contribution in [2.24, 2.45) is 0 Å². The fourth-order valence-electron chi connectivity index (χ4n) is 0.987. The molecule has 0 aliphatic rings. The summed E-state index contributed by atoms with van der Waals surface area (Å²) in [6, 6.07) is 0. The molecule has 0 aliphatic carbocycles. The van der Waals surface area contributed by atoms with Crippen LogP contribution < -0.4 is 0 Å². The zero-order valence-electron chi connectivity index (χ0n) is 12.0. The van der Waals surface area contributed by atoms with Crippen LogP contribution in [0.5, 0.6) is 0 Å². The van der Waals surface area contributed by atoms with Crippen LogP contribution in [0.3, 0.4) is 0 Å². The minimum Gasteiger partial charge on any atom is -0.460 e. The summed E-state index contributed by atoms with van der Waals surface area (Å²) in [5, 5.41) is 0. The van der Waals surface area contributed by atoms with E-state index < -0.39 is 23.5 Å². The van der Waals surface area contributed by atoms with Crippen molar-refractivity contribution in [2.75, 3.05) is 26.4 Å². The van der Waals surface area contributed by atoms with E-state index in [1.165, 1.54) is 0 Å². The highest BCUT2D eigenvalue weighted by atomic mass is 16.6. The predicted octanol–water partition coefficient (Wildman–Crippen LogP) is 0.617. The highest BCUT2D eigenvalue weighted by Crippen LogP contribution is 2.06. The maximum absolute atomic E-state index is 11.2. The second kappa shape index (κ2) is 9.08. The zero-order chi connectivity index (χ0) is 15.6. The average Bonchev–Trinajstić information content (AvgIpc) is 2.32. The molecule has 0 aromatic rings. The van der Waals surface area contributed by atoms with Gasteiger partial charge in [0.25, 0.3) is 0 Å². The Bertz CT molecular complexity index is 354. The first-order valence-electron chi connectivity index (χ1n) is 5.99. The number of carbonyl (C=O) groups is 3. The van der Waals surface area contributed by atoms with Gasteiger partial charge in [-0.2, -0.15) is 0 Å². The van der Waals surface area contributed by atoms with Crippen molar-refractivity contribution in [1.29, 1.82) is 0 Å². The fraction of sp³-hybridized carbons (Fsp3) is 0.615. The Kier molecular flexibility index (Phi) is 8.23. The third-order valence-electron chi connectivity index (χ3n) is 1.62. The second-order valence-corrected chi connectivity index (χ2v) is 4.67. The van der Waals surface area contributed by atoms with Gasteiger partial charge in [0, 0.05) is 6.08 Å². The molecule has 0 saturated heterocycles. The molecule has 0 bridgehead atoms. The number of esters is 3. The van der Waals surface area contributed by atoms with Gasteiger partial charge < -0.3 is 18.9 Å². The summed E-state index contributed by atoms with van der Waals surface area (Å²) in [5.74, 6) is -1.82. The highest BCUT2D eigenvalue weighted by Gasteiger charge is 2.16. The molecule has 0 amide bonds. The van der Waals surface area contributed by atoms with Gasteiger partial charge >= 0.3 is 17.9 Å². The average molecular weight is 288 g/mol. The lowest BCUT2D eigenvalue weighted by Gasteiger charge is -2.19. The van der Waals surface area contributed by atoms with Crippen molar-refractivity contribution < 1.29 is 33.3 Å². The lowest BCUT2D eigenvalue weighted by Crippen LogP contribution is -2.27. The maximum Gasteiger partial charge on any atom is 0.332 e. The Hall–Kier alpha value is -1.89. The van der Waals surface area contributed by atoms with Crippen LogP contribution in [0.25, 0.3) is 0 Å². The molecule has 0 atom stereocenters. The van der Waals surface area contributed by atoms with Gasteiger partial charge in [0.2, 0.25) is 0 Å². The minimum atomic E-state index is -0.664. The van der Waals surface area contributed by atoms with Gasteiger partial charge in [-0.3, -0.25) is 0 Å².